The Balaban J connectivity index is 0.00000253. The standard InChI is InChI=1S/C26H26ClN2O6P.2Na/c1-16-5-3-6-18(13-16)25(30)28-20-9-10-21(17(2)14-20)26(31)29-12-4-7-24(35-36(32,33)34)22-15-19(27)8-11-23(22)29;;/h3,5-6,8-11,13-15,24H,4,7,12H2,1-2H3,(H,28,30)(H2,32,33,34);;/q;2*+1/p-2. The summed E-state index contributed by atoms with van der Waals surface area (Å²) in [5, 5.41) is 3.18. The average Bonchev–Trinajstić information content (AvgIpc) is 2.97. The van der Waals surface area contributed by atoms with Crippen LogP contribution in [0.15, 0.2) is 60.7 Å². The number of aryl methyl sites for hydroxylation is 2. The van der Waals surface area contributed by atoms with Gasteiger partial charge in [0.1, 0.15) is 0 Å². The molecule has 3 aromatic carbocycles. The van der Waals surface area contributed by atoms with Crippen molar-refractivity contribution in [2.75, 3.05) is 16.8 Å². The Morgan fingerprint density at radius 2 is 1.79 bits per heavy atom. The molecule has 0 bridgehead atoms. The molecule has 1 unspecified atom stereocenters. The molecule has 0 spiro atoms. The maximum Gasteiger partial charge on any atom is 1.00 e. The van der Waals surface area contributed by atoms with Gasteiger partial charge in [-0.05, 0) is 80.8 Å². The van der Waals surface area contributed by atoms with E-state index >= 15 is 0 Å². The van der Waals surface area contributed by atoms with Crippen molar-refractivity contribution >= 4 is 42.6 Å². The van der Waals surface area contributed by atoms with E-state index in [0.29, 0.717) is 51.6 Å². The molecule has 0 fully saturated rings. The number of phosphoric ester groups is 1. The van der Waals surface area contributed by atoms with Crippen LogP contribution >= 0.6 is 19.4 Å². The number of phosphoric acid groups is 1. The molecule has 8 nitrogen and oxygen atoms in total. The van der Waals surface area contributed by atoms with Crippen LogP contribution in [-0.4, -0.2) is 18.4 Å². The van der Waals surface area contributed by atoms with Crippen LogP contribution in [0, 0.1) is 13.8 Å². The molecule has 1 N–H and O–H groups in total. The maximum absolute atomic E-state index is 13.6. The molecule has 38 heavy (non-hydrogen) atoms. The van der Waals surface area contributed by atoms with Gasteiger partial charge in [-0.15, -0.1) is 0 Å². The number of halogens is 1. The van der Waals surface area contributed by atoms with Gasteiger partial charge in [0, 0.05) is 39.6 Å². The zero-order chi connectivity index (χ0) is 26.0. The quantitative estimate of drug-likeness (QED) is 0.295. The largest absolute Gasteiger partial charge is 1.00 e. The van der Waals surface area contributed by atoms with Crippen LogP contribution in [0.4, 0.5) is 11.4 Å². The summed E-state index contributed by atoms with van der Waals surface area (Å²) in [6.07, 6.45) is -0.390. The molecule has 1 aliphatic rings. The molecule has 2 amide bonds. The van der Waals surface area contributed by atoms with E-state index in [4.69, 9.17) is 16.1 Å². The third kappa shape index (κ3) is 8.26. The number of hydrogen-bond donors (Lipinski definition) is 1. The van der Waals surface area contributed by atoms with Crippen LogP contribution in [0.1, 0.15) is 56.4 Å². The topological polar surface area (TPSA) is 122 Å². The molecule has 1 atom stereocenters. The predicted octanol–water partition coefficient (Wildman–Crippen LogP) is -1.46. The van der Waals surface area contributed by atoms with Gasteiger partial charge in [-0.3, -0.25) is 9.59 Å². The number of nitrogens with zero attached hydrogens (tertiary/aromatic N) is 1. The van der Waals surface area contributed by atoms with Crippen molar-refractivity contribution in [3.63, 3.8) is 0 Å². The minimum atomic E-state index is -5.26. The predicted molar refractivity (Wildman–Crippen MR) is 134 cm³/mol. The van der Waals surface area contributed by atoms with Gasteiger partial charge in [0.25, 0.3) is 11.8 Å². The van der Waals surface area contributed by atoms with Gasteiger partial charge in [-0.1, -0.05) is 29.3 Å². The second kappa shape index (κ2) is 14.1. The number of hydrogen-bond acceptors (Lipinski definition) is 6. The zero-order valence-corrected chi connectivity index (χ0v) is 27.3. The fourth-order valence-electron chi connectivity index (χ4n) is 4.33. The average molecular weight is 573 g/mol. The van der Waals surface area contributed by atoms with E-state index in [-0.39, 0.29) is 77.3 Å². The van der Waals surface area contributed by atoms with E-state index in [1.54, 1.807) is 49.4 Å². The molecular weight excluding hydrogens is 549 g/mol. The van der Waals surface area contributed by atoms with Crippen molar-refractivity contribution in [2.45, 2.75) is 32.8 Å². The van der Waals surface area contributed by atoms with Crippen LogP contribution in [0.25, 0.3) is 0 Å². The Labute approximate surface area is 270 Å². The molecule has 0 aliphatic carbocycles. The van der Waals surface area contributed by atoms with E-state index in [9.17, 15) is 23.9 Å². The normalized spacial score (nSPS) is 14.9. The molecule has 0 aromatic heterocycles. The molecule has 3 aromatic rings. The second-order valence-corrected chi connectivity index (χ2v) is 10.2. The summed E-state index contributed by atoms with van der Waals surface area (Å²) >= 11 is 6.13. The minimum Gasteiger partial charge on any atom is -0.790 e. The molecule has 188 valence electrons. The number of anilines is 2. The summed E-state index contributed by atoms with van der Waals surface area (Å²) in [5.41, 5.74) is 3.91. The molecule has 0 radical (unpaired) electrons. The number of fused-ring (bicyclic) bond motifs is 1. The van der Waals surface area contributed by atoms with Crippen LogP contribution in [0.5, 0.6) is 0 Å². The van der Waals surface area contributed by atoms with Gasteiger partial charge in [-0.2, -0.15) is 0 Å². The summed E-state index contributed by atoms with van der Waals surface area (Å²) in [6, 6.07) is 17.0. The van der Waals surface area contributed by atoms with Gasteiger partial charge in [0.05, 0.1) is 13.9 Å². The third-order valence-corrected chi connectivity index (χ3v) is 6.72. The smallest absolute Gasteiger partial charge is 0.790 e. The number of rotatable bonds is 5. The SMILES string of the molecule is Cc1cccc(C(=O)Nc2ccc(C(=O)N3CCCC(OP(=O)([O-])[O-])c4cc(Cl)ccc43)c(C)c2)c1.[Na+].[Na+]. The van der Waals surface area contributed by atoms with Crippen molar-refractivity contribution in [2.24, 2.45) is 0 Å². The first-order valence-corrected chi connectivity index (χ1v) is 13.2. The molecule has 1 aliphatic heterocycles. The fourth-order valence-corrected chi connectivity index (χ4v) is 5.04. The minimum absolute atomic E-state index is 0. The molecular formula is C26H24ClN2Na2O6P. The second-order valence-electron chi connectivity index (χ2n) is 8.70. The van der Waals surface area contributed by atoms with Crippen LogP contribution in [0.2, 0.25) is 5.02 Å². The van der Waals surface area contributed by atoms with Crippen molar-refractivity contribution in [3.8, 4) is 0 Å². The van der Waals surface area contributed by atoms with E-state index in [0.717, 1.165) is 5.56 Å². The Morgan fingerprint density at radius 3 is 2.45 bits per heavy atom. The van der Waals surface area contributed by atoms with E-state index in [1.807, 2.05) is 19.1 Å². The summed E-state index contributed by atoms with van der Waals surface area (Å²) < 4.78 is 16.1. The Hall–Kier alpha value is -1.000. The van der Waals surface area contributed by atoms with E-state index in [1.165, 1.54) is 11.0 Å². The monoisotopic (exact) mass is 572 g/mol. The number of amides is 2. The molecule has 0 saturated carbocycles. The van der Waals surface area contributed by atoms with E-state index in [2.05, 4.69) is 5.32 Å². The molecule has 12 heteroatoms. The van der Waals surface area contributed by atoms with Crippen LogP contribution in [-0.2, 0) is 9.09 Å². The Kier molecular flexibility index (Phi) is 12.3. The zero-order valence-electron chi connectivity index (χ0n) is 21.7. The number of carbonyl (C=O) groups excluding carboxylic acids is 2. The summed E-state index contributed by atoms with van der Waals surface area (Å²) in [6.45, 7) is 3.97. The summed E-state index contributed by atoms with van der Waals surface area (Å²) in [4.78, 5) is 50.3. The maximum atomic E-state index is 13.6. The third-order valence-electron chi connectivity index (χ3n) is 5.97. The number of nitrogens with one attached hydrogen (secondary N) is 1. The Morgan fingerprint density at radius 1 is 1.05 bits per heavy atom. The molecule has 4 rings (SSSR count). The summed E-state index contributed by atoms with van der Waals surface area (Å²) in [7, 11) is -5.26. The Bertz CT molecular complexity index is 1380. The van der Waals surface area contributed by atoms with Gasteiger partial charge in [0.2, 0.25) is 0 Å². The van der Waals surface area contributed by atoms with Crippen molar-refractivity contribution in [3.05, 3.63) is 93.5 Å². The fraction of sp³-hybridized carbons (Fsp3) is 0.231. The van der Waals surface area contributed by atoms with Crippen molar-refractivity contribution in [1.29, 1.82) is 0 Å². The number of carbonyl (C=O) groups is 2. The van der Waals surface area contributed by atoms with Gasteiger partial charge < -0.3 is 29.1 Å². The van der Waals surface area contributed by atoms with Gasteiger partial charge >= 0.3 is 59.1 Å². The van der Waals surface area contributed by atoms with E-state index < -0.39 is 13.9 Å². The first-order chi connectivity index (χ1) is 17.0. The van der Waals surface area contributed by atoms with Crippen LogP contribution < -0.4 is 79.1 Å². The first-order valence-electron chi connectivity index (χ1n) is 11.3. The van der Waals surface area contributed by atoms with Gasteiger partial charge in [-0.25, -0.2) is 0 Å². The number of benzene rings is 3. The summed E-state index contributed by atoms with van der Waals surface area (Å²) in [5.74, 6) is -0.559. The molecule has 0 saturated heterocycles. The van der Waals surface area contributed by atoms with Crippen LogP contribution in [0.3, 0.4) is 0 Å². The van der Waals surface area contributed by atoms with Crippen molar-refractivity contribution < 1.29 is 87.6 Å². The van der Waals surface area contributed by atoms with Gasteiger partial charge in [0.15, 0.2) is 0 Å². The molecule has 1 heterocycles. The van der Waals surface area contributed by atoms with Crippen molar-refractivity contribution in [1.82, 2.24) is 0 Å². The first kappa shape index (κ1) is 33.2.